The lowest BCUT2D eigenvalue weighted by molar-refractivity contribution is -0.140. The van der Waals surface area contributed by atoms with Crippen LogP contribution in [-0.4, -0.2) is 28.3 Å². The molecule has 17 heavy (non-hydrogen) atoms. The van der Waals surface area contributed by atoms with Gasteiger partial charge in [0.15, 0.2) is 0 Å². The molecule has 0 radical (unpaired) electrons. The number of thioether (sulfide) groups is 1. The normalized spacial score (nSPS) is 15.4. The number of carbonyl (C=O) groups is 1. The van der Waals surface area contributed by atoms with Gasteiger partial charge in [0.2, 0.25) is 0 Å². The van der Waals surface area contributed by atoms with Crippen molar-refractivity contribution in [2.24, 2.45) is 0 Å². The molecule has 1 aromatic rings. The first-order chi connectivity index (χ1) is 8.20. The number of ether oxygens (including phenoxy) is 1. The van der Waals surface area contributed by atoms with Crippen molar-refractivity contribution in [2.75, 3.05) is 7.11 Å². The van der Waals surface area contributed by atoms with Crippen LogP contribution in [0.1, 0.15) is 31.0 Å². The molecule has 0 aliphatic heterocycles. The Hall–Kier alpha value is -1.10. The number of methoxy groups -OCH3 is 1. The number of hydrogen-bond donors (Lipinski definition) is 0. The van der Waals surface area contributed by atoms with Gasteiger partial charge in [-0.3, -0.25) is 4.79 Å². The van der Waals surface area contributed by atoms with Gasteiger partial charge in [-0.15, -0.1) is 11.8 Å². The lowest BCUT2D eigenvalue weighted by Crippen LogP contribution is -2.09. The van der Waals surface area contributed by atoms with E-state index < -0.39 is 0 Å². The average Bonchev–Trinajstić information content (AvgIpc) is 2.78. The minimum atomic E-state index is -0.171. The van der Waals surface area contributed by atoms with E-state index in [9.17, 15) is 4.79 Å². The molecule has 1 atom stereocenters. The zero-order valence-corrected chi connectivity index (χ0v) is 10.9. The molecule has 0 fully saturated rings. The highest BCUT2D eigenvalue weighted by Gasteiger charge is 2.19. The van der Waals surface area contributed by atoms with Gasteiger partial charge in [-0.05, 0) is 19.3 Å². The molecule has 0 saturated carbocycles. The minimum absolute atomic E-state index is 0.171. The highest BCUT2D eigenvalue weighted by atomic mass is 32.2. The molecule has 4 nitrogen and oxygen atoms in total. The van der Waals surface area contributed by atoms with Crippen LogP contribution in [0, 0.1) is 0 Å². The fraction of sp³-hybridized carbons (Fsp3) is 0.583. The zero-order chi connectivity index (χ0) is 12.3. The predicted molar refractivity (Wildman–Crippen MR) is 66.0 cm³/mol. The molecule has 0 saturated heterocycles. The molecular formula is C12H16N2O2S. The summed E-state index contributed by atoms with van der Waals surface area (Å²) in [6.45, 7) is 2.02. The van der Waals surface area contributed by atoms with Crippen molar-refractivity contribution in [3.8, 4) is 0 Å². The van der Waals surface area contributed by atoms with Crippen molar-refractivity contribution < 1.29 is 9.53 Å². The predicted octanol–water partition coefficient (Wildman–Crippen LogP) is 2.01. The maximum atomic E-state index is 11.2. The lowest BCUT2D eigenvalue weighted by Gasteiger charge is -2.11. The number of fused-ring (bicyclic) bond motifs is 1. The molecular weight excluding hydrogens is 236 g/mol. The van der Waals surface area contributed by atoms with E-state index in [0.717, 1.165) is 24.3 Å². The molecule has 0 bridgehead atoms. The third kappa shape index (κ3) is 2.97. The quantitative estimate of drug-likeness (QED) is 0.466. The van der Waals surface area contributed by atoms with Crippen molar-refractivity contribution in [1.82, 2.24) is 9.97 Å². The summed E-state index contributed by atoms with van der Waals surface area (Å²) in [5.41, 5.74) is 2.45. The second-order valence-corrected chi connectivity index (χ2v) is 5.59. The molecule has 1 aromatic heterocycles. The Morgan fingerprint density at radius 1 is 1.53 bits per heavy atom. The second kappa shape index (κ2) is 5.49. The van der Waals surface area contributed by atoms with Crippen LogP contribution in [0.3, 0.4) is 0 Å². The number of carbonyl (C=O) groups excluding carboxylic acids is 1. The Balaban J connectivity index is 2.04. The SMILES string of the molecule is COC(=O)CC(C)Sc1ncnc2c1CCC2. The Labute approximate surface area is 105 Å². The maximum absolute atomic E-state index is 11.2. The van der Waals surface area contributed by atoms with Crippen LogP contribution < -0.4 is 0 Å². The molecule has 5 heteroatoms. The summed E-state index contributed by atoms with van der Waals surface area (Å²) >= 11 is 1.64. The molecule has 92 valence electrons. The Morgan fingerprint density at radius 2 is 2.35 bits per heavy atom. The minimum Gasteiger partial charge on any atom is -0.469 e. The number of nitrogens with zero attached hydrogens (tertiary/aromatic N) is 2. The first kappa shape index (κ1) is 12.4. The van der Waals surface area contributed by atoms with Crippen LogP contribution in [0.25, 0.3) is 0 Å². The second-order valence-electron chi connectivity index (χ2n) is 4.17. The fourth-order valence-corrected chi connectivity index (χ4v) is 3.05. The van der Waals surface area contributed by atoms with E-state index in [0.29, 0.717) is 6.42 Å². The van der Waals surface area contributed by atoms with Gasteiger partial charge in [-0.2, -0.15) is 0 Å². The summed E-state index contributed by atoms with van der Waals surface area (Å²) < 4.78 is 4.67. The molecule has 0 amide bonds. The Morgan fingerprint density at radius 3 is 3.12 bits per heavy atom. The molecule has 1 heterocycles. The summed E-state index contributed by atoms with van der Waals surface area (Å²) in [5.74, 6) is -0.171. The van der Waals surface area contributed by atoms with Gasteiger partial charge >= 0.3 is 5.97 Å². The van der Waals surface area contributed by atoms with Crippen molar-refractivity contribution in [3.05, 3.63) is 17.6 Å². The molecule has 1 unspecified atom stereocenters. The van der Waals surface area contributed by atoms with Crippen LogP contribution in [-0.2, 0) is 22.4 Å². The Bertz CT molecular complexity index is 423. The van der Waals surface area contributed by atoms with Gasteiger partial charge in [-0.1, -0.05) is 6.92 Å². The summed E-state index contributed by atoms with van der Waals surface area (Å²) in [6.07, 6.45) is 5.31. The Kier molecular flexibility index (Phi) is 3.99. The highest BCUT2D eigenvalue weighted by Crippen LogP contribution is 2.31. The van der Waals surface area contributed by atoms with Crippen molar-refractivity contribution in [3.63, 3.8) is 0 Å². The van der Waals surface area contributed by atoms with Crippen LogP contribution in [0.4, 0.5) is 0 Å². The van der Waals surface area contributed by atoms with Gasteiger partial charge in [0.25, 0.3) is 0 Å². The van der Waals surface area contributed by atoms with Gasteiger partial charge in [-0.25, -0.2) is 9.97 Å². The van der Waals surface area contributed by atoms with Gasteiger partial charge in [0, 0.05) is 16.5 Å². The van der Waals surface area contributed by atoms with Gasteiger partial charge in [0.05, 0.1) is 13.5 Å². The van der Waals surface area contributed by atoms with Crippen LogP contribution in [0.2, 0.25) is 0 Å². The summed E-state index contributed by atoms with van der Waals surface area (Å²) in [4.78, 5) is 19.8. The van der Waals surface area contributed by atoms with Gasteiger partial charge in [0.1, 0.15) is 11.4 Å². The van der Waals surface area contributed by atoms with E-state index in [1.165, 1.54) is 18.4 Å². The molecule has 0 aromatic carbocycles. The molecule has 2 rings (SSSR count). The van der Waals surface area contributed by atoms with Crippen molar-refractivity contribution in [2.45, 2.75) is 42.9 Å². The van der Waals surface area contributed by atoms with Crippen LogP contribution >= 0.6 is 11.8 Å². The number of aromatic nitrogens is 2. The third-order valence-corrected chi connectivity index (χ3v) is 3.97. The number of hydrogen-bond acceptors (Lipinski definition) is 5. The lowest BCUT2D eigenvalue weighted by atomic mass is 10.3. The zero-order valence-electron chi connectivity index (χ0n) is 10.1. The fourth-order valence-electron chi connectivity index (χ4n) is 1.98. The van der Waals surface area contributed by atoms with E-state index >= 15 is 0 Å². The standard InChI is InChI=1S/C12H16N2O2S/c1-8(6-11(15)16-2)17-12-9-4-3-5-10(9)13-7-14-12/h7-8H,3-6H2,1-2H3. The van der Waals surface area contributed by atoms with E-state index in [1.807, 2.05) is 6.92 Å². The first-order valence-corrected chi connectivity index (χ1v) is 6.65. The smallest absolute Gasteiger partial charge is 0.306 e. The highest BCUT2D eigenvalue weighted by molar-refractivity contribution is 7.99. The largest absolute Gasteiger partial charge is 0.469 e. The first-order valence-electron chi connectivity index (χ1n) is 5.77. The van der Waals surface area contributed by atoms with E-state index in [-0.39, 0.29) is 11.2 Å². The van der Waals surface area contributed by atoms with Crippen LogP contribution in [0.15, 0.2) is 11.4 Å². The summed E-state index contributed by atoms with van der Waals surface area (Å²) in [7, 11) is 1.42. The summed E-state index contributed by atoms with van der Waals surface area (Å²) in [5, 5.41) is 1.21. The van der Waals surface area contributed by atoms with E-state index in [2.05, 4.69) is 14.7 Å². The third-order valence-electron chi connectivity index (χ3n) is 2.83. The molecule has 1 aliphatic rings. The number of aryl methyl sites for hydroxylation is 1. The van der Waals surface area contributed by atoms with Crippen LogP contribution in [0.5, 0.6) is 0 Å². The number of rotatable bonds is 4. The van der Waals surface area contributed by atoms with E-state index in [4.69, 9.17) is 0 Å². The summed E-state index contributed by atoms with van der Waals surface area (Å²) in [6, 6.07) is 0. The van der Waals surface area contributed by atoms with Crippen molar-refractivity contribution in [1.29, 1.82) is 0 Å². The average molecular weight is 252 g/mol. The monoisotopic (exact) mass is 252 g/mol. The van der Waals surface area contributed by atoms with Gasteiger partial charge < -0.3 is 4.74 Å². The molecule has 1 aliphatic carbocycles. The van der Waals surface area contributed by atoms with Crippen molar-refractivity contribution >= 4 is 17.7 Å². The topological polar surface area (TPSA) is 52.1 Å². The number of esters is 1. The molecule has 0 spiro atoms. The molecule has 0 N–H and O–H groups in total. The van der Waals surface area contributed by atoms with E-state index in [1.54, 1.807) is 18.1 Å². The maximum Gasteiger partial charge on any atom is 0.306 e.